The summed E-state index contributed by atoms with van der Waals surface area (Å²) in [7, 11) is 4.89. The molecular weight excluding hydrogens is 370 g/mol. The predicted molar refractivity (Wildman–Crippen MR) is 113 cm³/mol. The summed E-state index contributed by atoms with van der Waals surface area (Å²) in [6.45, 7) is 1.79. The molecule has 2 aromatic carbocycles. The molecule has 0 aliphatic rings. The molecule has 1 heterocycles. The fraction of sp³-hybridized carbons (Fsp3) is 0.182. The van der Waals surface area contributed by atoms with Gasteiger partial charge in [-0.3, -0.25) is 14.3 Å². The highest BCUT2D eigenvalue weighted by atomic mass is 16.5. The molecule has 0 atom stereocenters. The highest BCUT2D eigenvalue weighted by Gasteiger charge is 2.17. The second kappa shape index (κ2) is 8.52. The van der Waals surface area contributed by atoms with E-state index in [0.717, 1.165) is 11.3 Å². The van der Waals surface area contributed by atoms with Crippen molar-refractivity contribution in [3.05, 3.63) is 76.2 Å². The first kappa shape index (κ1) is 20.0. The third-order valence-corrected chi connectivity index (χ3v) is 4.64. The summed E-state index contributed by atoms with van der Waals surface area (Å²) in [4.78, 5) is 25.3. The molecule has 29 heavy (non-hydrogen) atoms. The van der Waals surface area contributed by atoms with Crippen LogP contribution in [0.5, 0.6) is 11.5 Å². The van der Waals surface area contributed by atoms with Gasteiger partial charge in [0.05, 0.1) is 25.6 Å². The van der Waals surface area contributed by atoms with Crippen LogP contribution < -0.4 is 20.3 Å². The third kappa shape index (κ3) is 4.08. The Morgan fingerprint density at radius 3 is 2.38 bits per heavy atom. The Morgan fingerprint density at radius 1 is 1.03 bits per heavy atom. The van der Waals surface area contributed by atoms with Crippen molar-refractivity contribution in [2.75, 3.05) is 19.5 Å². The molecule has 1 amide bonds. The summed E-state index contributed by atoms with van der Waals surface area (Å²) < 4.78 is 13.7. The summed E-state index contributed by atoms with van der Waals surface area (Å²) in [5.41, 5.74) is 2.11. The minimum atomic E-state index is -0.397. The van der Waals surface area contributed by atoms with Gasteiger partial charge in [0, 0.05) is 13.1 Å². The monoisotopic (exact) mass is 393 g/mol. The summed E-state index contributed by atoms with van der Waals surface area (Å²) in [5.74, 6) is 0.779. The van der Waals surface area contributed by atoms with Crippen LogP contribution in [0.25, 0.3) is 11.8 Å². The van der Waals surface area contributed by atoms with Crippen molar-refractivity contribution in [1.29, 1.82) is 0 Å². The Balaban J connectivity index is 1.83. The van der Waals surface area contributed by atoms with Crippen molar-refractivity contribution in [2.45, 2.75) is 6.92 Å². The van der Waals surface area contributed by atoms with E-state index in [4.69, 9.17) is 9.47 Å². The van der Waals surface area contributed by atoms with Crippen LogP contribution in [0.2, 0.25) is 0 Å². The lowest BCUT2D eigenvalue weighted by Gasteiger charge is -2.07. The van der Waals surface area contributed by atoms with Gasteiger partial charge in [-0.15, -0.1) is 0 Å². The molecular formula is C22H23N3O4. The van der Waals surface area contributed by atoms with E-state index in [1.807, 2.05) is 30.3 Å². The zero-order valence-corrected chi connectivity index (χ0v) is 16.8. The Hall–Kier alpha value is -3.74. The molecule has 3 aromatic rings. The number of amides is 1. The normalized spacial score (nSPS) is 10.9. The van der Waals surface area contributed by atoms with E-state index in [1.165, 1.54) is 10.8 Å². The number of aromatic nitrogens is 2. The van der Waals surface area contributed by atoms with Crippen LogP contribution >= 0.6 is 0 Å². The van der Waals surface area contributed by atoms with Crippen LogP contribution in [0.4, 0.5) is 5.69 Å². The van der Waals surface area contributed by atoms with Gasteiger partial charge in [0.1, 0.15) is 5.69 Å². The van der Waals surface area contributed by atoms with Gasteiger partial charge in [-0.25, -0.2) is 4.68 Å². The molecule has 0 saturated carbocycles. The number of anilines is 1. The standard InChI is InChI=1S/C22H23N3O4/c1-15-21(22(27)25(24(15)2)17-8-6-5-7-9-17)23-20(26)13-11-16-10-12-18(28-3)19(14-16)29-4/h5-14H,1-4H3,(H,23,26). The van der Waals surface area contributed by atoms with Crippen molar-refractivity contribution in [3.8, 4) is 17.2 Å². The number of benzene rings is 2. The number of ether oxygens (including phenoxy) is 2. The maximum atomic E-state index is 12.8. The molecule has 0 bridgehead atoms. The lowest BCUT2D eigenvalue weighted by atomic mass is 10.2. The highest BCUT2D eigenvalue weighted by Crippen LogP contribution is 2.28. The summed E-state index contributed by atoms with van der Waals surface area (Å²) in [6.07, 6.45) is 3.02. The largest absolute Gasteiger partial charge is 0.493 e. The zero-order valence-electron chi connectivity index (χ0n) is 16.8. The average Bonchev–Trinajstić information content (AvgIpc) is 2.95. The first-order valence-corrected chi connectivity index (χ1v) is 9.01. The van der Waals surface area contributed by atoms with E-state index in [2.05, 4.69) is 5.32 Å². The van der Waals surface area contributed by atoms with E-state index >= 15 is 0 Å². The smallest absolute Gasteiger partial charge is 0.295 e. The van der Waals surface area contributed by atoms with Gasteiger partial charge >= 0.3 is 0 Å². The van der Waals surface area contributed by atoms with Crippen LogP contribution in [0.15, 0.2) is 59.4 Å². The third-order valence-electron chi connectivity index (χ3n) is 4.64. The highest BCUT2D eigenvalue weighted by molar-refractivity contribution is 6.02. The molecule has 0 saturated heterocycles. The topological polar surface area (TPSA) is 74.5 Å². The fourth-order valence-corrected chi connectivity index (χ4v) is 3.01. The first-order valence-electron chi connectivity index (χ1n) is 9.01. The maximum absolute atomic E-state index is 12.8. The van der Waals surface area contributed by atoms with Crippen LogP contribution in [0.3, 0.4) is 0 Å². The van der Waals surface area contributed by atoms with Gasteiger partial charge in [-0.2, -0.15) is 0 Å². The first-order chi connectivity index (χ1) is 14.0. The van der Waals surface area contributed by atoms with Crippen LogP contribution in [0, 0.1) is 6.92 Å². The molecule has 1 N–H and O–H groups in total. The van der Waals surface area contributed by atoms with Gasteiger partial charge in [0.15, 0.2) is 11.5 Å². The summed E-state index contributed by atoms with van der Waals surface area (Å²) in [6, 6.07) is 14.6. The van der Waals surface area contributed by atoms with Crippen molar-refractivity contribution in [1.82, 2.24) is 9.36 Å². The van der Waals surface area contributed by atoms with E-state index in [1.54, 1.807) is 57.1 Å². The number of nitrogens with one attached hydrogen (secondary N) is 1. The number of carbonyl (C=O) groups is 1. The molecule has 0 aliphatic heterocycles. The van der Waals surface area contributed by atoms with Gasteiger partial charge < -0.3 is 14.8 Å². The summed E-state index contributed by atoms with van der Waals surface area (Å²) in [5, 5.41) is 2.70. The van der Waals surface area contributed by atoms with Crippen LogP contribution in [-0.2, 0) is 11.8 Å². The summed E-state index contributed by atoms with van der Waals surface area (Å²) >= 11 is 0. The number of hydrogen-bond acceptors (Lipinski definition) is 4. The second-order valence-electron chi connectivity index (χ2n) is 6.37. The molecule has 7 nitrogen and oxygen atoms in total. The number of para-hydroxylation sites is 1. The fourth-order valence-electron chi connectivity index (χ4n) is 3.01. The predicted octanol–water partition coefficient (Wildman–Crippen LogP) is 3.15. The second-order valence-corrected chi connectivity index (χ2v) is 6.37. The van der Waals surface area contributed by atoms with Crippen LogP contribution in [-0.4, -0.2) is 29.5 Å². The number of carbonyl (C=O) groups excluding carboxylic acids is 1. The lowest BCUT2D eigenvalue weighted by Crippen LogP contribution is -2.22. The Morgan fingerprint density at radius 2 is 1.72 bits per heavy atom. The van der Waals surface area contributed by atoms with Gasteiger partial charge in [-0.1, -0.05) is 24.3 Å². The van der Waals surface area contributed by atoms with Gasteiger partial charge in [-0.05, 0) is 42.8 Å². The quantitative estimate of drug-likeness (QED) is 0.653. The molecule has 0 aliphatic carbocycles. The van der Waals surface area contributed by atoms with E-state index in [0.29, 0.717) is 17.2 Å². The van der Waals surface area contributed by atoms with Crippen molar-refractivity contribution in [3.63, 3.8) is 0 Å². The Bertz CT molecular complexity index is 1110. The zero-order chi connectivity index (χ0) is 21.0. The van der Waals surface area contributed by atoms with Gasteiger partial charge in [0.2, 0.25) is 5.91 Å². The Labute approximate surface area is 168 Å². The maximum Gasteiger partial charge on any atom is 0.295 e. The van der Waals surface area contributed by atoms with Crippen molar-refractivity contribution in [2.24, 2.45) is 7.05 Å². The minimum absolute atomic E-state index is 0.248. The number of rotatable bonds is 6. The molecule has 0 radical (unpaired) electrons. The van der Waals surface area contributed by atoms with Crippen molar-refractivity contribution >= 4 is 17.7 Å². The minimum Gasteiger partial charge on any atom is -0.493 e. The van der Waals surface area contributed by atoms with Gasteiger partial charge in [0.25, 0.3) is 5.56 Å². The number of methoxy groups -OCH3 is 2. The molecule has 0 fully saturated rings. The molecule has 0 spiro atoms. The lowest BCUT2D eigenvalue weighted by molar-refractivity contribution is -0.111. The Kier molecular flexibility index (Phi) is 5.87. The van der Waals surface area contributed by atoms with E-state index < -0.39 is 5.91 Å². The SMILES string of the molecule is COc1ccc(C=CC(=O)Nc2c(C)n(C)n(-c3ccccc3)c2=O)cc1OC. The van der Waals surface area contributed by atoms with E-state index in [9.17, 15) is 9.59 Å². The number of nitrogens with zero attached hydrogens (tertiary/aromatic N) is 2. The van der Waals surface area contributed by atoms with Crippen LogP contribution in [0.1, 0.15) is 11.3 Å². The molecule has 1 aromatic heterocycles. The molecule has 3 rings (SSSR count). The molecule has 7 heteroatoms. The average molecular weight is 393 g/mol. The van der Waals surface area contributed by atoms with E-state index in [-0.39, 0.29) is 11.2 Å². The number of hydrogen-bond donors (Lipinski definition) is 1. The molecule has 0 unspecified atom stereocenters. The molecule has 150 valence electrons. The van der Waals surface area contributed by atoms with Crippen molar-refractivity contribution < 1.29 is 14.3 Å².